The zero-order valence-corrected chi connectivity index (χ0v) is 9.82. The molecule has 1 aromatic carbocycles. The molecule has 2 nitrogen and oxygen atoms in total. The molecule has 82 valence electrons. The first kappa shape index (κ1) is 10.8. The lowest BCUT2D eigenvalue weighted by Gasteiger charge is -2.16. The molecule has 0 radical (unpaired) electrons. The van der Waals surface area contributed by atoms with Gasteiger partial charge in [0.25, 0.3) is 0 Å². The SMILES string of the molecule is CC(C)(C)C(=O)c1ccc2cnccc2c1. The van der Waals surface area contributed by atoms with Crippen LogP contribution in [0.5, 0.6) is 0 Å². The van der Waals surface area contributed by atoms with Crippen LogP contribution in [0.3, 0.4) is 0 Å². The van der Waals surface area contributed by atoms with Crippen LogP contribution in [-0.2, 0) is 0 Å². The average molecular weight is 213 g/mol. The van der Waals surface area contributed by atoms with Crippen LogP contribution in [-0.4, -0.2) is 10.8 Å². The van der Waals surface area contributed by atoms with Crippen molar-refractivity contribution in [2.75, 3.05) is 0 Å². The van der Waals surface area contributed by atoms with Gasteiger partial charge in [-0.3, -0.25) is 9.78 Å². The summed E-state index contributed by atoms with van der Waals surface area (Å²) in [6, 6.07) is 7.68. The van der Waals surface area contributed by atoms with Crippen molar-refractivity contribution in [1.82, 2.24) is 4.98 Å². The first-order valence-corrected chi connectivity index (χ1v) is 5.37. The molecule has 0 bridgehead atoms. The Hall–Kier alpha value is -1.70. The predicted molar refractivity (Wildman–Crippen MR) is 65.5 cm³/mol. The van der Waals surface area contributed by atoms with Crippen molar-refractivity contribution in [3.63, 3.8) is 0 Å². The summed E-state index contributed by atoms with van der Waals surface area (Å²) < 4.78 is 0. The lowest BCUT2D eigenvalue weighted by atomic mass is 9.86. The smallest absolute Gasteiger partial charge is 0.168 e. The summed E-state index contributed by atoms with van der Waals surface area (Å²) in [5, 5.41) is 2.12. The number of ketones is 1. The van der Waals surface area contributed by atoms with Crippen LogP contribution < -0.4 is 0 Å². The van der Waals surface area contributed by atoms with E-state index in [0.29, 0.717) is 0 Å². The zero-order chi connectivity index (χ0) is 11.8. The van der Waals surface area contributed by atoms with Gasteiger partial charge in [-0.1, -0.05) is 32.9 Å². The zero-order valence-electron chi connectivity index (χ0n) is 9.82. The van der Waals surface area contributed by atoms with E-state index in [0.717, 1.165) is 16.3 Å². The minimum absolute atomic E-state index is 0.172. The summed E-state index contributed by atoms with van der Waals surface area (Å²) in [6.07, 6.45) is 3.55. The topological polar surface area (TPSA) is 30.0 Å². The highest BCUT2D eigenvalue weighted by Crippen LogP contribution is 2.23. The van der Waals surface area contributed by atoms with E-state index < -0.39 is 0 Å². The third-order valence-electron chi connectivity index (χ3n) is 2.58. The first-order chi connectivity index (χ1) is 7.48. The molecule has 0 fully saturated rings. The van der Waals surface area contributed by atoms with Crippen molar-refractivity contribution in [3.05, 3.63) is 42.2 Å². The van der Waals surface area contributed by atoms with Gasteiger partial charge in [0.05, 0.1) is 0 Å². The second-order valence-corrected chi connectivity index (χ2v) is 5.02. The molecule has 16 heavy (non-hydrogen) atoms. The summed E-state index contributed by atoms with van der Waals surface area (Å²) in [5.41, 5.74) is 0.437. The average Bonchev–Trinajstić information content (AvgIpc) is 2.26. The van der Waals surface area contributed by atoms with Gasteiger partial charge in [-0.25, -0.2) is 0 Å². The number of hydrogen-bond donors (Lipinski definition) is 0. The number of fused-ring (bicyclic) bond motifs is 1. The number of rotatable bonds is 1. The highest BCUT2D eigenvalue weighted by Gasteiger charge is 2.22. The van der Waals surface area contributed by atoms with E-state index in [9.17, 15) is 4.79 Å². The highest BCUT2D eigenvalue weighted by atomic mass is 16.1. The van der Waals surface area contributed by atoms with Gasteiger partial charge >= 0.3 is 0 Å². The van der Waals surface area contributed by atoms with Crippen LogP contribution in [0.25, 0.3) is 10.8 Å². The Bertz CT molecular complexity index is 538. The number of benzene rings is 1. The molecule has 0 aliphatic carbocycles. The number of pyridine rings is 1. The molecular formula is C14H15NO. The van der Waals surface area contributed by atoms with Crippen LogP contribution in [0.1, 0.15) is 31.1 Å². The Kier molecular flexibility index (Phi) is 2.50. The standard InChI is InChI=1S/C14H15NO/c1-14(2,3)13(16)11-4-5-12-9-15-7-6-10(12)8-11/h4-9H,1-3H3. The molecule has 2 heteroatoms. The minimum atomic E-state index is -0.333. The lowest BCUT2D eigenvalue weighted by Crippen LogP contribution is -2.19. The molecule has 0 aliphatic heterocycles. The normalized spacial score (nSPS) is 11.7. The van der Waals surface area contributed by atoms with Crippen molar-refractivity contribution in [3.8, 4) is 0 Å². The van der Waals surface area contributed by atoms with Crippen molar-refractivity contribution < 1.29 is 4.79 Å². The monoisotopic (exact) mass is 213 g/mol. The molecule has 0 amide bonds. The number of carbonyl (C=O) groups is 1. The van der Waals surface area contributed by atoms with Crippen LogP contribution >= 0.6 is 0 Å². The Balaban J connectivity index is 2.52. The highest BCUT2D eigenvalue weighted by molar-refractivity contribution is 6.02. The quantitative estimate of drug-likeness (QED) is 0.679. The first-order valence-electron chi connectivity index (χ1n) is 5.37. The number of aromatic nitrogens is 1. The Morgan fingerprint density at radius 2 is 1.88 bits per heavy atom. The van der Waals surface area contributed by atoms with Crippen LogP contribution in [0.15, 0.2) is 36.7 Å². The van der Waals surface area contributed by atoms with Crippen LogP contribution in [0.4, 0.5) is 0 Å². The fourth-order valence-electron chi connectivity index (χ4n) is 1.66. The van der Waals surface area contributed by atoms with Crippen molar-refractivity contribution in [2.24, 2.45) is 5.41 Å². The fraction of sp³-hybridized carbons (Fsp3) is 0.286. The maximum absolute atomic E-state index is 12.1. The van der Waals surface area contributed by atoms with Gasteiger partial charge in [0.1, 0.15) is 0 Å². The molecule has 0 unspecified atom stereocenters. The third kappa shape index (κ3) is 1.96. The second kappa shape index (κ2) is 3.71. The number of Topliss-reactive ketones (excluding diaryl/α,β-unsaturated/α-hetero) is 1. The van der Waals surface area contributed by atoms with Gasteiger partial charge in [-0.2, -0.15) is 0 Å². The molecule has 0 saturated heterocycles. The predicted octanol–water partition coefficient (Wildman–Crippen LogP) is 3.46. The summed E-state index contributed by atoms with van der Waals surface area (Å²) in [7, 11) is 0. The van der Waals surface area contributed by atoms with Gasteiger partial charge in [-0.05, 0) is 17.5 Å². The van der Waals surface area contributed by atoms with E-state index >= 15 is 0 Å². The molecule has 0 saturated carbocycles. The van der Waals surface area contributed by atoms with Gasteiger partial charge in [0.2, 0.25) is 0 Å². The molecule has 0 spiro atoms. The van der Waals surface area contributed by atoms with Crippen molar-refractivity contribution >= 4 is 16.6 Å². The van der Waals surface area contributed by atoms with E-state index in [1.165, 1.54) is 0 Å². The second-order valence-electron chi connectivity index (χ2n) is 5.02. The fourth-order valence-corrected chi connectivity index (χ4v) is 1.66. The molecular weight excluding hydrogens is 198 g/mol. The largest absolute Gasteiger partial charge is 0.294 e. The summed E-state index contributed by atoms with van der Waals surface area (Å²) in [6.45, 7) is 5.81. The Labute approximate surface area is 95.3 Å². The van der Waals surface area contributed by atoms with Crippen molar-refractivity contribution in [1.29, 1.82) is 0 Å². The van der Waals surface area contributed by atoms with E-state index in [-0.39, 0.29) is 11.2 Å². The maximum atomic E-state index is 12.1. The van der Waals surface area contributed by atoms with E-state index in [2.05, 4.69) is 4.98 Å². The van der Waals surface area contributed by atoms with Crippen LogP contribution in [0.2, 0.25) is 0 Å². The van der Waals surface area contributed by atoms with E-state index in [1.54, 1.807) is 12.4 Å². The third-order valence-corrected chi connectivity index (χ3v) is 2.58. The molecule has 0 atom stereocenters. The molecule has 2 rings (SSSR count). The number of nitrogens with zero attached hydrogens (tertiary/aromatic N) is 1. The number of carbonyl (C=O) groups excluding carboxylic acids is 1. The van der Waals surface area contributed by atoms with E-state index in [1.807, 2.05) is 45.0 Å². The Morgan fingerprint density at radius 1 is 1.12 bits per heavy atom. The van der Waals surface area contributed by atoms with Crippen LogP contribution in [0, 0.1) is 5.41 Å². The van der Waals surface area contributed by atoms with Gasteiger partial charge in [-0.15, -0.1) is 0 Å². The van der Waals surface area contributed by atoms with Gasteiger partial charge < -0.3 is 0 Å². The van der Waals surface area contributed by atoms with Crippen molar-refractivity contribution in [2.45, 2.75) is 20.8 Å². The van der Waals surface area contributed by atoms with Gasteiger partial charge in [0.15, 0.2) is 5.78 Å². The lowest BCUT2D eigenvalue weighted by molar-refractivity contribution is 0.0858. The molecule has 0 N–H and O–H groups in total. The number of hydrogen-bond acceptors (Lipinski definition) is 2. The molecule has 0 aliphatic rings. The van der Waals surface area contributed by atoms with E-state index in [4.69, 9.17) is 0 Å². The molecule has 2 aromatic rings. The summed E-state index contributed by atoms with van der Waals surface area (Å²) in [5.74, 6) is 0.172. The summed E-state index contributed by atoms with van der Waals surface area (Å²) >= 11 is 0. The van der Waals surface area contributed by atoms with Gasteiger partial charge in [0, 0.05) is 28.8 Å². The molecule has 1 aromatic heterocycles. The summed E-state index contributed by atoms with van der Waals surface area (Å²) in [4.78, 5) is 16.1. The minimum Gasteiger partial charge on any atom is -0.294 e. The molecule has 1 heterocycles. The maximum Gasteiger partial charge on any atom is 0.168 e. The Morgan fingerprint density at radius 3 is 2.56 bits per heavy atom.